The van der Waals surface area contributed by atoms with Gasteiger partial charge >= 0.3 is 0 Å². The molecule has 1 aromatic rings. The van der Waals surface area contributed by atoms with Crippen molar-refractivity contribution in [1.29, 1.82) is 0 Å². The summed E-state index contributed by atoms with van der Waals surface area (Å²) in [5.74, 6) is 0.0494. The third-order valence-electron chi connectivity index (χ3n) is 1.99. The predicted octanol–water partition coefficient (Wildman–Crippen LogP) is 2.85. The lowest BCUT2D eigenvalue weighted by Crippen LogP contribution is -2.24. The van der Waals surface area contributed by atoms with Gasteiger partial charge in [-0.25, -0.2) is 0 Å². The van der Waals surface area contributed by atoms with Crippen molar-refractivity contribution in [2.45, 2.75) is 13.5 Å². The van der Waals surface area contributed by atoms with Crippen molar-refractivity contribution in [3.63, 3.8) is 0 Å². The smallest absolute Gasteiger partial charge is 0.229 e. The van der Waals surface area contributed by atoms with Gasteiger partial charge in [0.05, 0.1) is 5.75 Å². The quantitative estimate of drug-likeness (QED) is 0.807. The molecule has 1 rings (SSSR count). The average molecular weight is 264 g/mol. The maximum atomic E-state index is 11.0. The first-order chi connectivity index (χ1) is 7.04. The SMILES string of the molecule is Cc1cc(Cl)cc(Cl)c1CNC(=O)CS. The Kier molecular flexibility index (Phi) is 4.77. The minimum atomic E-state index is -0.122. The van der Waals surface area contributed by atoms with Gasteiger partial charge in [-0.3, -0.25) is 4.79 Å². The van der Waals surface area contributed by atoms with Gasteiger partial charge in [0, 0.05) is 16.6 Å². The fourth-order valence-electron chi connectivity index (χ4n) is 1.20. The van der Waals surface area contributed by atoms with Gasteiger partial charge in [-0.15, -0.1) is 0 Å². The fourth-order valence-corrected chi connectivity index (χ4v) is 1.97. The van der Waals surface area contributed by atoms with Crippen LogP contribution in [0.25, 0.3) is 0 Å². The Morgan fingerprint density at radius 3 is 2.67 bits per heavy atom. The molecule has 0 aliphatic heterocycles. The molecule has 0 saturated carbocycles. The number of carbonyl (C=O) groups is 1. The number of hydrogen-bond donors (Lipinski definition) is 2. The number of aryl methyl sites for hydroxylation is 1. The van der Waals surface area contributed by atoms with Crippen molar-refractivity contribution in [2.75, 3.05) is 5.75 Å². The molecule has 0 unspecified atom stereocenters. The van der Waals surface area contributed by atoms with Crippen molar-refractivity contribution in [1.82, 2.24) is 5.32 Å². The maximum Gasteiger partial charge on any atom is 0.229 e. The van der Waals surface area contributed by atoms with Gasteiger partial charge in [-0.2, -0.15) is 12.6 Å². The third kappa shape index (κ3) is 3.59. The zero-order valence-corrected chi connectivity index (χ0v) is 10.6. The van der Waals surface area contributed by atoms with E-state index in [1.54, 1.807) is 6.07 Å². The summed E-state index contributed by atoms with van der Waals surface area (Å²) in [5, 5.41) is 3.87. The van der Waals surface area contributed by atoms with E-state index >= 15 is 0 Å². The topological polar surface area (TPSA) is 29.1 Å². The minimum Gasteiger partial charge on any atom is -0.351 e. The first kappa shape index (κ1) is 12.7. The van der Waals surface area contributed by atoms with Crippen molar-refractivity contribution >= 4 is 41.7 Å². The first-order valence-corrected chi connectivity index (χ1v) is 5.75. The summed E-state index contributed by atoms with van der Waals surface area (Å²) in [6.07, 6.45) is 0. The van der Waals surface area contributed by atoms with Crippen LogP contribution < -0.4 is 5.32 Å². The molecule has 1 N–H and O–H groups in total. The van der Waals surface area contributed by atoms with Crippen molar-refractivity contribution < 1.29 is 4.79 Å². The zero-order chi connectivity index (χ0) is 11.4. The lowest BCUT2D eigenvalue weighted by molar-refractivity contribution is -0.118. The second-order valence-corrected chi connectivity index (χ2v) is 4.28. The Balaban J connectivity index is 2.81. The Morgan fingerprint density at radius 1 is 1.47 bits per heavy atom. The molecule has 0 radical (unpaired) electrons. The van der Waals surface area contributed by atoms with Crippen LogP contribution in [-0.4, -0.2) is 11.7 Å². The maximum absolute atomic E-state index is 11.0. The molecule has 0 heterocycles. The van der Waals surface area contributed by atoms with Crippen LogP contribution in [0.15, 0.2) is 12.1 Å². The normalized spacial score (nSPS) is 10.1. The number of thiol groups is 1. The van der Waals surface area contributed by atoms with E-state index in [1.165, 1.54) is 0 Å². The molecule has 1 aromatic carbocycles. The van der Waals surface area contributed by atoms with Crippen molar-refractivity contribution in [3.8, 4) is 0 Å². The molecule has 0 aliphatic carbocycles. The van der Waals surface area contributed by atoms with E-state index in [0.29, 0.717) is 16.6 Å². The molecule has 1 amide bonds. The molecule has 15 heavy (non-hydrogen) atoms. The molecule has 5 heteroatoms. The first-order valence-electron chi connectivity index (χ1n) is 4.36. The fraction of sp³-hybridized carbons (Fsp3) is 0.300. The van der Waals surface area contributed by atoms with Gasteiger partial charge < -0.3 is 5.32 Å². The lowest BCUT2D eigenvalue weighted by atomic mass is 10.1. The molecule has 0 aliphatic rings. The summed E-state index contributed by atoms with van der Waals surface area (Å²) in [6, 6.07) is 3.48. The van der Waals surface area contributed by atoms with Gasteiger partial charge in [-0.05, 0) is 30.2 Å². The van der Waals surface area contributed by atoms with E-state index in [1.807, 2.05) is 13.0 Å². The molecule has 0 atom stereocenters. The number of halogens is 2. The highest BCUT2D eigenvalue weighted by atomic mass is 35.5. The van der Waals surface area contributed by atoms with E-state index in [0.717, 1.165) is 11.1 Å². The Labute approximate surface area is 104 Å². The summed E-state index contributed by atoms with van der Waals surface area (Å²) < 4.78 is 0. The standard InChI is InChI=1S/C10H11Cl2NOS/c1-6-2-7(11)3-9(12)8(6)4-13-10(14)5-15/h2-3,15H,4-5H2,1H3,(H,13,14). The monoisotopic (exact) mass is 263 g/mol. The van der Waals surface area contributed by atoms with Gasteiger partial charge in [0.2, 0.25) is 5.91 Å². The molecule has 0 aromatic heterocycles. The Morgan fingerprint density at radius 2 is 2.13 bits per heavy atom. The van der Waals surface area contributed by atoms with Gasteiger partial charge in [-0.1, -0.05) is 23.2 Å². The van der Waals surface area contributed by atoms with Crippen LogP contribution in [0.5, 0.6) is 0 Å². The largest absolute Gasteiger partial charge is 0.351 e. The zero-order valence-electron chi connectivity index (χ0n) is 8.18. The molecule has 2 nitrogen and oxygen atoms in total. The predicted molar refractivity (Wildman–Crippen MR) is 66.9 cm³/mol. The number of carbonyl (C=O) groups excluding carboxylic acids is 1. The van der Waals surface area contributed by atoms with E-state index in [-0.39, 0.29) is 11.7 Å². The lowest BCUT2D eigenvalue weighted by Gasteiger charge is -2.09. The van der Waals surface area contributed by atoms with E-state index in [4.69, 9.17) is 23.2 Å². The van der Waals surface area contributed by atoms with Gasteiger partial charge in [0.25, 0.3) is 0 Å². The Hall–Kier alpha value is -0.380. The van der Waals surface area contributed by atoms with E-state index < -0.39 is 0 Å². The van der Waals surface area contributed by atoms with Gasteiger partial charge in [0.1, 0.15) is 0 Å². The highest BCUT2D eigenvalue weighted by Gasteiger charge is 2.07. The van der Waals surface area contributed by atoms with Gasteiger partial charge in [0.15, 0.2) is 0 Å². The van der Waals surface area contributed by atoms with Crippen molar-refractivity contribution in [2.24, 2.45) is 0 Å². The molecule has 0 bridgehead atoms. The molecular formula is C10H11Cl2NOS. The second kappa shape index (κ2) is 5.64. The van der Waals surface area contributed by atoms with Crippen LogP contribution >= 0.6 is 35.8 Å². The molecular weight excluding hydrogens is 253 g/mol. The Bertz CT molecular complexity index is 359. The number of rotatable bonds is 3. The number of hydrogen-bond acceptors (Lipinski definition) is 2. The number of benzene rings is 1. The molecule has 0 spiro atoms. The molecule has 0 fully saturated rings. The van der Waals surface area contributed by atoms with Crippen molar-refractivity contribution in [3.05, 3.63) is 33.3 Å². The summed E-state index contributed by atoms with van der Waals surface area (Å²) >= 11 is 15.7. The summed E-state index contributed by atoms with van der Waals surface area (Å²) in [5.41, 5.74) is 1.85. The van der Waals surface area contributed by atoms with Crippen LogP contribution in [0, 0.1) is 6.92 Å². The molecule has 0 saturated heterocycles. The number of amides is 1. The van der Waals surface area contributed by atoms with Crippen LogP contribution in [0.3, 0.4) is 0 Å². The van der Waals surface area contributed by atoms with Crippen LogP contribution in [0.4, 0.5) is 0 Å². The van der Waals surface area contributed by atoms with E-state index in [2.05, 4.69) is 17.9 Å². The van der Waals surface area contributed by atoms with Crippen LogP contribution in [-0.2, 0) is 11.3 Å². The highest BCUT2D eigenvalue weighted by Crippen LogP contribution is 2.24. The van der Waals surface area contributed by atoms with E-state index in [9.17, 15) is 4.79 Å². The minimum absolute atomic E-state index is 0.122. The summed E-state index contributed by atoms with van der Waals surface area (Å²) in [7, 11) is 0. The second-order valence-electron chi connectivity index (χ2n) is 3.12. The average Bonchev–Trinajstić information content (AvgIpc) is 2.15. The highest BCUT2D eigenvalue weighted by molar-refractivity contribution is 7.81. The van der Waals surface area contributed by atoms with Crippen LogP contribution in [0.2, 0.25) is 10.0 Å². The molecule has 82 valence electrons. The summed E-state index contributed by atoms with van der Waals surface area (Å²) in [4.78, 5) is 11.0. The number of nitrogens with one attached hydrogen (secondary N) is 1. The third-order valence-corrected chi connectivity index (χ3v) is 2.83. The van der Waals surface area contributed by atoms with Crippen LogP contribution in [0.1, 0.15) is 11.1 Å². The summed E-state index contributed by atoms with van der Waals surface area (Å²) in [6.45, 7) is 2.31.